The Balaban J connectivity index is 3.65. The summed E-state index contributed by atoms with van der Waals surface area (Å²) in [5.41, 5.74) is 0. The summed E-state index contributed by atoms with van der Waals surface area (Å²) < 4.78 is 10.6. The van der Waals surface area contributed by atoms with E-state index in [-0.39, 0.29) is 25.2 Å². The van der Waals surface area contributed by atoms with Gasteiger partial charge in [0.05, 0.1) is 6.61 Å². The van der Waals surface area contributed by atoms with E-state index in [0.717, 1.165) is 128 Å². The van der Waals surface area contributed by atoms with E-state index >= 15 is 0 Å². The molecule has 0 aromatic rings. The molecular formula is C67H102O5. The molecule has 5 nitrogen and oxygen atoms in total. The lowest BCUT2D eigenvalue weighted by atomic mass is 10.0. The maximum atomic E-state index is 12.3. The van der Waals surface area contributed by atoms with Gasteiger partial charge in [0.25, 0.3) is 0 Å². The second-order valence-electron chi connectivity index (χ2n) is 17.9. The number of aliphatic hydroxyl groups is 1. The Labute approximate surface area is 442 Å². The van der Waals surface area contributed by atoms with E-state index in [0.29, 0.717) is 19.3 Å². The molecule has 0 rings (SSSR count). The van der Waals surface area contributed by atoms with Gasteiger partial charge in [-0.1, -0.05) is 247 Å². The quantitative estimate of drug-likeness (QED) is 0.0374. The van der Waals surface area contributed by atoms with E-state index in [1.807, 2.05) is 0 Å². The zero-order valence-electron chi connectivity index (χ0n) is 45.6. The van der Waals surface area contributed by atoms with Crippen molar-refractivity contribution in [3.05, 3.63) is 182 Å². The number of hydrogen-bond donors (Lipinski definition) is 1. The fourth-order valence-electron chi connectivity index (χ4n) is 7.03. The number of aliphatic hydroxyl groups excluding tert-OH is 1. The lowest BCUT2D eigenvalue weighted by Crippen LogP contribution is -2.28. The van der Waals surface area contributed by atoms with Gasteiger partial charge >= 0.3 is 11.9 Å². The Morgan fingerprint density at radius 1 is 0.319 bits per heavy atom. The number of rotatable bonds is 49. The topological polar surface area (TPSA) is 72.8 Å². The summed E-state index contributed by atoms with van der Waals surface area (Å²) in [4.78, 5) is 24.4. The van der Waals surface area contributed by atoms with E-state index in [2.05, 4.69) is 196 Å². The van der Waals surface area contributed by atoms with E-state index in [1.54, 1.807) is 0 Å². The molecule has 0 spiro atoms. The molecule has 0 fully saturated rings. The molecule has 0 aliphatic carbocycles. The van der Waals surface area contributed by atoms with Crippen molar-refractivity contribution in [2.75, 3.05) is 13.2 Å². The zero-order chi connectivity index (χ0) is 52.0. The van der Waals surface area contributed by atoms with Crippen molar-refractivity contribution in [1.29, 1.82) is 0 Å². The van der Waals surface area contributed by atoms with E-state index in [9.17, 15) is 14.7 Å². The summed E-state index contributed by atoms with van der Waals surface area (Å²) >= 11 is 0. The van der Waals surface area contributed by atoms with Gasteiger partial charge in [-0.3, -0.25) is 9.59 Å². The van der Waals surface area contributed by atoms with Crippen LogP contribution in [0.1, 0.15) is 206 Å². The van der Waals surface area contributed by atoms with Gasteiger partial charge in [0, 0.05) is 12.8 Å². The number of allylic oxidation sites excluding steroid dienone is 30. The van der Waals surface area contributed by atoms with E-state index in [4.69, 9.17) is 9.47 Å². The summed E-state index contributed by atoms with van der Waals surface area (Å²) in [5.74, 6) is -0.678. The highest BCUT2D eigenvalue weighted by molar-refractivity contribution is 5.70. The standard InChI is InChI=1S/C67H102O5/c1-3-5-7-9-11-13-15-17-19-21-22-23-24-25-26-27-28-29-30-31-32-33-34-35-36-37-38-39-40-41-42-43-44-46-48-50-52-54-56-58-60-62-67(70)72-65(63-68)64-71-66(69)61-59-57-55-53-51-49-47-45-20-18-16-14-12-10-8-6-4-2/h5-8,11-14,17-20,22-23,25-26,28-29,31-32,34-35,37-38,40-41,47,49,53,55,65,68H,3-4,9-10,15-16,21,24,27,30,33,36,39,42-46,48,50-52,54,56-64H2,1-2H3/b7-5-,8-6-,13-11-,14-12-,19-17-,20-18-,23-22-,26-25-,29-28-,32-31-,35-34-,38-37-,41-40-,49-47-,55-53-. The molecular weight excluding hydrogens is 885 g/mol. The van der Waals surface area contributed by atoms with Crippen LogP contribution in [0, 0.1) is 0 Å². The zero-order valence-corrected chi connectivity index (χ0v) is 45.6. The molecule has 0 aromatic heterocycles. The first-order valence-electron chi connectivity index (χ1n) is 28.3. The van der Waals surface area contributed by atoms with Crippen molar-refractivity contribution in [3.63, 3.8) is 0 Å². The lowest BCUT2D eigenvalue weighted by Gasteiger charge is -2.15. The largest absolute Gasteiger partial charge is 0.462 e. The summed E-state index contributed by atoms with van der Waals surface area (Å²) in [6.07, 6.45) is 95.8. The Hall–Kier alpha value is -5.00. The summed E-state index contributed by atoms with van der Waals surface area (Å²) in [6, 6.07) is 0. The predicted octanol–water partition coefficient (Wildman–Crippen LogP) is 19.5. The lowest BCUT2D eigenvalue weighted by molar-refractivity contribution is -0.161. The first kappa shape index (κ1) is 67.0. The van der Waals surface area contributed by atoms with Crippen LogP contribution in [0.15, 0.2) is 182 Å². The SMILES string of the molecule is CC/C=C\C/C=C\C/C=C\C/C=C\C/C=C\C/C=C\C/C=C\C/C=C\C/C=C\C/C=C\CCCCCCCCCCCCC(=O)OC(CO)COC(=O)CCC/C=C\C/C=C\C/C=C\C/C=C\C/C=C\CC. The molecule has 1 unspecified atom stereocenters. The monoisotopic (exact) mass is 987 g/mol. The smallest absolute Gasteiger partial charge is 0.306 e. The number of carbonyl (C=O) groups excluding carboxylic acids is 2. The minimum atomic E-state index is -0.811. The van der Waals surface area contributed by atoms with Crippen LogP contribution in [-0.2, 0) is 19.1 Å². The molecule has 0 aliphatic heterocycles. The number of hydrogen-bond acceptors (Lipinski definition) is 5. The third-order valence-electron chi connectivity index (χ3n) is 11.2. The number of esters is 2. The molecule has 0 radical (unpaired) electrons. The van der Waals surface area contributed by atoms with Crippen molar-refractivity contribution in [1.82, 2.24) is 0 Å². The second kappa shape index (κ2) is 60.3. The summed E-state index contributed by atoms with van der Waals surface area (Å²) in [7, 11) is 0. The minimum Gasteiger partial charge on any atom is -0.462 e. The molecule has 0 bridgehead atoms. The van der Waals surface area contributed by atoms with Gasteiger partial charge in [-0.15, -0.1) is 0 Å². The maximum absolute atomic E-state index is 12.3. The van der Waals surface area contributed by atoms with Gasteiger partial charge in [0.15, 0.2) is 6.10 Å². The molecule has 5 heteroatoms. The number of ether oxygens (including phenoxy) is 2. The van der Waals surface area contributed by atoms with Gasteiger partial charge < -0.3 is 14.6 Å². The van der Waals surface area contributed by atoms with Gasteiger partial charge in [-0.05, 0) is 128 Å². The maximum Gasteiger partial charge on any atom is 0.306 e. The first-order chi connectivity index (χ1) is 35.6. The van der Waals surface area contributed by atoms with Crippen LogP contribution in [-0.4, -0.2) is 36.4 Å². The van der Waals surface area contributed by atoms with Gasteiger partial charge in [0.2, 0.25) is 0 Å². The molecule has 0 saturated heterocycles. The molecule has 0 aliphatic rings. The van der Waals surface area contributed by atoms with Crippen LogP contribution < -0.4 is 0 Å². The summed E-state index contributed by atoms with van der Waals surface area (Å²) in [5, 5.41) is 9.63. The molecule has 0 aromatic carbocycles. The molecule has 0 heterocycles. The molecule has 0 saturated carbocycles. The average molecular weight is 988 g/mol. The number of carbonyl (C=O) groups is 2. The normalized spacial score (nSPS) is 13.7. The first-order valence-corrected chi connectivity index (χ1v) is 28.3. The van der Waals surface area contributed by atoms with Crippen LogP contribution in [0.5, 0.6) is 0 Å². The van der Waals surface area contributed by atoms with Crippen LogP contribution >= 0.6 is 0 Å². The van der Waals surface area contributed by atoms with Crippen LogP contribution in [0.3, 0.4) is 0 Å². The van der Waals surface area contributed by atoms with Gasteiger partial charge in [0.1, 0.15) is 6.61 Å². The molecule has 1 atom stereocenters. The average Bonchev–Trinajstić information content (AvgIpc) is 3.38. The minimum absolute atomic E-state index is 0.108. The highest BCUT2D eigenvalue weighted by Gasteiger charge is 2.16. The van der Waals surface area contributed by atoms with Crippen molar-refractivity contribution in [2.24, 2.45) is 0 Å². The molecule has 400 valence electrons. The van der Waals surface area contributed by atoms with Gasteiger partial charge in [-0.2, -0.15) is 0 Å². The predicted molar refractivity (Wildman–Crippen MR) is 315 cm³/mol. The molecule has 72 heavy (non-hydrogen) atoms. The molecule has 1 N–H and O–H groups in total. The fourth-order valence-corrected chi connectivity index (χ4v) is 7.03. The van der Waals surface area contributed by atoms with Crippen LogP contribution in [0.25, 0.3) is 0 Å². The van der Waals surface area contributed by atoms with Crippen molar-refractivity contribution in [2.45, 2.75) is 213 Å². The van der Waals surface area contributed by atoms with Crippen LogP contribution in [0.2, 0.25) is 0 Å². The second-order valence-corrected chi connectivity index (χ2v) is 17.9. The van der Waals surface area contributed by atoms with Crippen molar-refractivity contribution in [3.8, 4) is 0 Å². The fraction of sp³-hybridized carbons (Fsp3) is 0.522. The Bertz CT molecular complexity index is 1680. The highest BCUT2D eigenvalue weighted by Crippen LogP contribution is 2.13. The van der Waals surface area contributed by atoms with Gasteiger partial charge in [-0.25, -0.2) is 0 Å². The van der Waals surface area contributed by atoms with Crippen molar-refractivity contribution < 1.29 is 24.2 Å². The highest BCUT2D eigenvalue weighted by atomic mass is 16.6. The van der Waals surface area contributed by atoms with Crippen molar-refractivity contribution >= 4 is 11.9 Å². The van der Waals surface area contributed by atoms with E-state index in [1.165, 1.54) is 44.9 Å². The van der Waals surface area contributed by atoms with E-state index < -0.39 is 6.10 Å². The summed E-state index contributed by atoms with van der Waals surface area (Å²) in [6.45, 7) is 3.84. The Morgan fingerprint density at radius 3 is 0.875 bits per heavy atom. The Morgan fingerprint density at radius 2 is 0.569 bits per heavy atom. The third-order valence-corrected chi connectivity index (χ3v) is 11.2. The number of unbranched alkanes of at least 4 members (excludes halogenated alkanes) is 11. The molecule has 0 amide bonds. The van der Waals surface area contributed by atoms with Crippen LogP contribution in [0.4, 0.5) is 0 Å². The Kier molecular flexibility index (Phi) is 56.1. The third kappa shape index (κ3) is 57.6.